The van der Waals surface area contributed by atoms with Gasteiger partial charge in [-0.3, -0.25) is 4.79 Å². The van der Waals surface area contributed by atoms with Crippen molar-refractivity contribution >= 4 is 5.78 Å². The van der Waals surface area contributed by atoms with E-state index in [1.165, 1.54) is 12.8 Å². The molecule has 1 heteroatoms. The second-order valence-electron chi connectivity index (χ2n) is 5.47. The summed E-state index contributed by atoms with van der Waals surface area (Å²) < 4.78 is 0. The van der Waals surface area contributed by atoms with Gasteiger partial charge in [0.2, 0.25) is 0 Å². The van der Waals surface area contributed by atoms with Gasteiger partial charge in [-0.2, -0.15) is 0 Å². The Morgan fingerprint density at radius 1 is 1.47 bits per heavy atom. The van der Waals surface area contributed by atoms with Crippen molar-refractivity contribution in [3.63, 3.8) is 0 Å². The lowest BCUT2D eigenvalue weighted by Crippen LogP contribution is -2.15. The minimum atomic E-state index is -0.0453. The highest BCUT2D eigenvalue weighted by Gasteiger charge is 2.80. The van der Waals surface area contributed by atoms with Gasteiger partial charge in [0.05, 0.1) is 0 Å². The van der Waals surface area contributed by atoms with Crippen molar-refractivity contribution in [1.29, 1.82) is 0 Å². The number of ketones is 1. The van der Waals surface area contributed by atoms with Crippen molar-refractivity contribution < 1.29 is 4.79 Å². The Bertz CT molecular complexity index is 379. The zero-order valence-electron chi connectivity index (χ0n) is 9.49. The molecule has 4 atom stereocenters. The van der Waals surface area contributed by atoms with Gasteiger partial charge in [-0.25, -0.2) is 0 Å². The fourth-order valence-electron chi connectivity index (χ4n) is 4.25. The van der Waals surface area contributed by atoms with Crippen LogP contribution in [0.2, 0.25) is 0 Å². The normalized spacial score (nSPS) is 50.4. The molecule has 3 unspecified atom stereocenters. The van der Waals surface area contributed by atoms with Crippen LogP contribution in [0.25, 0.3) is 0 Å². The van der Waals surface area contributed by atoms with Gasteiger partial charge in [-0.1, -0.05) is 44.6 Å². The molecule has 0 heterocycles. The number of fused-ring (bicyclic) bond motifs is 1. The Hall–Kier alpha value is -0.850. The largest absolute Gasteiger partial charge is 0.299 e. The number of Topliss-reactive ketones (excluding diaryl/α,β-unsaturated/α-hetero) is 1. The maximum absolute atomic E-state index is 12.1. The molecule has 2 fully saturated rings. The first-order valence-electron chi connectivity index (χ1n) is 6.07. The zero-order valence-corrected chi connectivity index (χ0v) is 9.49. The van der Waals surface area contributed by atoms with Crippen LogP contribution in [0, 0.1) is 22.7 Å². The van der Waals surface area contributed by atoms with Crippen molar-refractivity contribution in [2.24, 2.45) is 22.7 Å². The molecule has 0 amide bonds. The zero-order chi connectivity index (χ0) is 10.7. The standard InChI is InChI=1S/C14H18O/c1-3-6-10-9-12(15)13(2)11-7-4-5-8-14(10,11)13/h4-5,7-8,10-11H,3,6,9H2,1-2H3/t10-,11?,13?,14?/m1/s1. The van der Waals surface area contributed by atoms with Crippen LogP contribution in [0.1, 0.15) is 33.1 Å². The first-order chi connectivity index (χ1) is 7.18. The Kier molecular flexibility index (Phi) is 1.65. The topological polar surface area (TPSA) is 17.1 Å². The lowest BCUT2D eigenvalue weighted by molar-refractivity contribution is -0.122. The summed E-state index contributed by atoms with van der Waals surface area (Å²) in [5, 5.41) is 0. The fraction of sp³-hybridized carbons (Fsp3) is 0.643. The Morgan fingerprint density at radius 3 is 3.00 bits per heavy atom. The van der Waals surface area contributed by atoms with Crippen LogP contribution in [0.15, 0.2) is 24.3 Å². The number of carbonyl (C=O) groups is 1. The van der Waals surface area contributed by atoms with Crippen molar-refractivity contribution in [2.75, 3.05) is 0 Å². The van der Waals surface area contributed by atoms with Crippen LogP contribution >= 0.6 is 0 Å². The highest BCUT2D eigenvalue weighted by atomic mass is 16.1. The lowest BCUT2D eigenvalue weighted by Gasteiger charge is -2.21. The van der Waals surface area contributed by atoms with Crippen molar-refractivity contribution in [1.82, 2.24) is 0 Å². The first-order valence-corrected chi connectivity index (χ1v) is 6.07. The maximum Gasteiger partial charge on any atom is 0.140 e. The van der Waals surface area contributed by atoms with Gasteiger partial charge in [-0.15, -0.1) is 0 Å². The second kappa shape index (κ2) is 2.63. The van der Waals surface area contributed by atoms with Gasteiger partial charge in [0.25, 0.3) is 0 Å². The number of hydrogen-bond acceptors (Lipinski definition) is 1. The molecule has 0 aromatic rings. The molecule has 0 radical (unpaired) electrons. The molecule has 3 rings (SSSR count). The van der Waals surface area contributed by atoms with E-state index in [9.17, 15) is 4.79 Å². The molecule has 0 aromatic heterocycles. The SMILES string of the molecule is CCC[C@@H]1CC(=O)C2(C)C3C=CC=CC312. The summed E-state index contributed by atoms with van der Waals surface area (Å²) in [7, 11) is 0. The van der Waals surface area contributed by atoms with E-state index < -0.39 is 0 Å². The average molecular weight is 202 g/mol. The molecular weight excluding hydrogens is 184 g/mol. The molecular formula is C14H18O. The molecule has 1 spiro atoms. The summed E-state index contributed by atoms with van der Waals surface area (Å²) in [6, 6.07) is 0. The molecule has 2 saturated carbocycles. The smallest absolute Gasteiger partial charge is 0.140 e. The summed E-state index contributed by atoms with van der Waals surface area (Å²) in [5.41, 5.74) is 0.172. The quantitative estimate of drug-likeness (QED) is 0.672. The number of allylic oxidation sites excluding steroid dienone is 4. The van der Waals surface area contributed by atoms with Crippen LogP contribution in [0.4, 0.5) is 0 Å². The molecule has 0 aliphatic heterocycles. The summed E-state index contributed by atoms with van der Waals surface area (Å²) in [6.07, 6.45) is 12.0. The molecule has 3 aliphatic rings. The third-order valence-corrected chi connectivity index (χ3v) is 5.06. The highest BCUT2D eigenvalue weighted by Crippen LogP contribution is 2.80. The number of carbonyl (C=O) groups excluding carboxylic acids is 1. The second-order valence-corrected chi connectivity index (χ2v) is 5.47. The van der Waals surface area contributed by atoms with Crippen LogP contribution < -0.4 is 0 Å². The minimum Gasteiger partial charge on any atom is -0.299 e. The molecule has 1 nitrogen and oxygen atoms in total. The highest BCUT2D eigenvalue weighted by molar-refractivity contribution is 5.94. The van der Waals surface area contributed by atoms with Crippen LogP contribution in [-0.4, -0.2) is 5.78 Å². The Balaban J connectivity index is 2.03. The van der Waals surface area contributed by atoms with Gasteiger partial charge in [-0.05, 0) is 12.3 Å². The van der Waals surface area contributed by atoms with Gasteiger partial charge in [0, 0.05) is 23.2 Å². The summed E-state index contributed by atoms with van der Waals surface area (Å²) in [6.45, 7) is 4.40. The van der Waals surface area contributed by atoms with Gasteiger partial charge in [0.1, 0.15) is 5.78 Å². The van der Waals surface area contributed by atoms with Crippen molar-refractivity contribution in [3.8, 4) is 0 Å². The molecule has 0 aromatic carbocycles. The van der Waals surface area contributed by atoms with Crippen molar-refractivity contribution in [3.05, 3.63) is 24.3 Å². The summed E-state index contributed by atoms with van der Waals surface area (Å²) >= 11 is 0. The summed E-state index contributed by atoms with van der Waals surface area (Å²) in [5.74, 6) is 1.61. The number of rotatable bonds is 2. The van der Waals surface area contributed by atoms with Gasteiger partial charge < -0.3 is 0 Å². The lowest BCUT2D eigenvalue weighted by atomic mass is 9.82. The molecule has 80 valence electrons. The summed E-state index contributed by atoms with van der Waals surface area (Å²) in [4.78, 5) is 12.1. The molecule has 0 bridgehead atoms. The van der Waals surface area contributed by atoms with E-state index in [0.29, 0.717) is 17.6 Å². The molecule has 0 saturated heterocycles. The predicted molar refractivity (Wildman–Crippen MR) is 60.3 cm³/mol. The van der Waals surface area contributed by atoms with Crippen LogP contribution in [0.3, 0.4) is 0 Å². The number of hydrogen-bond donors (Lipinski definition) is 0. The van der Waals surface area contributed by atoms with E-state index >= 15 is 0 Å². The third kappa shape index (κ3) is 0.802. The maximum atomic E-state index is 12.1. The average Bonchev–Trinajstić information content (AvgIpc) is 2.75. The molecule has 3 aliphatic carbocycles. The van der Waals surface area contributed by atoms with E-state index in [1.54, 1.807) is 0 Å². The monoisotopic (exact) mass is 202 g/mol. The van der Waals surface area contributed by atoms with Crippen molar-refractivity contribution in [2.45, 2.75) is 33.1 Å². The van der Waals surface area contributed by atoms with Crippen LogP contribution in [0.5, 0.6) is 0 Å². The Labute approximate surface area is 91.2 Å². The third-order valence-electron chi connectivity index (χ3n) is 5.06. The molecule has 15 heavy (non-hydrogen) atoms. The predicted octanol–water partition coefficient (Wildman–Crippen LogP) is 3.12. The first kappa shape index (κ1) is 9.38. The van der Waals surface area contributed by atoms with Gasteiger partial charge in [0.15, 0.2) is 0 Å². The van der Waals surface area contributed by atoms with E-state index in [0.717, 1.165) is 6.42 Å². The van der Waals surface area contributed by atoms with Crippen LogP contribution in [-0.2, 0) is 4.79 Å². The Morgan fingerprint density at radius 2 is 2.27 bits per heavy atom. The van der Waals surface area contributed by atoms with E-state index in [1.807, 2.05) is 0 Å². The van der Waals surface area contributed by atoms with Gasteiger partial charge >= 0.3 is 0 Å². The fourth-order valence-corrected chi connectivity index (χ4v) is 4.25. The van der Waals surface area contributed by atoms with E-state index in [4.69, 9.17) is 0 Å². The molecule has 0 N–H and O–H groups in total. The minimum absolute atomic E-state index is 0.0453. The van der Waals surface area contributed by atoms with E-state index in [2.05, 4.69) is 38.2 Å². The van der Waals surface area contributed by atoms with E-state index in [-0.39, 0.29) is 10.8 Å².